The summed E-state index contributed by atoms with van der Waals surface area (Å²) in [6, 6.07) is 15.4. The molecule has 2 aromatic heterocycles. The summed E-state index contributed by atoms with van der Waals surface area (Å²) in [6.45, 7) is 1.13. The third-order valence-electron chi connectivity index (χ3n) is 8.91. The van der Waals surface area contributed by atoms with Crippen LogP contribution in [0.5, 0.6) is 5.88 Å². The SMILES string of the molecule is Cc1ccc(COc2cccc(-c3cc(F)c(Cc4nc5ccc(C(=O)O)cc5n4CC45COCC4C5(F)F)cc3F)n2)c(F)c1. The van der Waals surface area contributed by atoms with Gasteiger partial charge in [-0.1, -0.05) is 18.2 Å². The molecule has 7 nitrogen and oxygen atoms in total. The van der Waals surface area contributed by atoms with Gasteiger partial charge < -0.3 is 19.1 Å². The van der Waals surface area contributed by atoms with Gasteiger partial charge in [0.1, 0.15) is 29.9 Å². The summed E-state index contributed by atoms with van der Waals surface area (Å²) in [7, 11) is 0. The number of hydrogen-bond donors (Lipinski definition) is 1. The van der Waals surface area contributed by atoms with Crippen LogP contribution in [0.3, 0.4) is 0 Å². The Hall–Kier alpha value is -4.84. The first kappa shape index (κ1) is 29.8. The van der Waals surface area contributed by atoms with Crippen LogP contribution < -0.4 is 4.74 Å². The second-order valence-corrected chi connectivity index (χ2v) is 11.8. The van der Waals surface area contributed by atoms with Gasteiger partial charge in [-0.3, -0.25) is 0 Å². The van der Waals surface area contributed by atoms with Crippen molar-refractivity contribution < 1.29 is 41.3 Å². The van der Waals surface area contributed by atoms with Crippen LogP contribution in [-0.4, -0.2) is 44.7 Å². The van der Waals surface area contributed by atoms with Crippen molar-refractivity contribution in [1.82, 2.24) is 14.5 Å². The van der Waals surface area contributed by atoms with Gasteiger partial charge >= 0.3 is 5.97 Å². The number of carboxylic acid groups (broad SMARTS) is 1. The van der Waals surface area contributed by atoms with E-state index < -0.39 is 40.7 Å². The lowest BCUT2D eigenvalue weighted by atomic mass is 10.0. The van der Waals surface area contributed by atoms with E-state index >= 15 is 8.78 Å². The lowest BCUT2D eigenvalue weighted by molar-refractivity contribution is -0.0150. The molecule has 3 aromatic carbocycles. The van der Waals surface area contributed by atoms with Gasteiger partial charge in [-0.25, -0.2) is 36.7 Å². The fraction of sp³-hybridized carbons (Fsp3) is 0.265. The van der Waals surface area contributed by atoms with E-state index in [2.05, 4.69) is 9.97 Å². The third-order valence-corrected chi connectivity index (χ3v) is 8.91. The Kier molecular flexibility index (Phi) is 7.07. The van der Waals surface area contributed by atoms with E-state index in [0.29, 0.717) is 16.6 Å². The van der Waals surface area contributed by atoms with Crippen LogP contribution >= 0.6 is 0 Å². The standard InChI is InChI=1S/C34H26F5N3O4/c1-18-5-6-20(23(35)9-18)14-46-31-4-2-3-26(41-31)22-13-24(36)21(10-25(22)37)12-30-40-27-8-7-19(32(43)44)11-28(27)42(30)16-33-17-45-15-29(33)34(33,38)39/h2-11,13,29H,12,14-17H2,1H3,(H,43,44). The number of carbonyl (C=O) groups is 1. The van der Waals surface area contributed by atoms with Gasteiger partial charge in [-0.2, -0.15) is 0 Å². The zero-order valence-electron chi connectivity index (χ0n) is 24.4. The molecule has 1 aliphatic heterocycles. The van der Waals surface area contributed by atoms with Crippen LogP contribution in [0.4, 0.5) is 22.0 Å². The number of hydrogen-bond acceptors (Lipinski definition) is 5. The first-order valence-corrected chi connectivity index (χ1v) is 14.5. The first-order chi connectivity index (χ1) is 22.0. The highest BCUT2D eigenvalue weighted by molar-refractivity contribution is 5.92. The molecule has 0 spiro atoms. The molecule has 1 N–H and O–H groups in total. The van der Waals surface area contributed by atoms with Gasteiger partial charge in [0.05, 0.1) is 46.8 Å². The normalized spacial score (nSPS) is 19.7. The molecule has 2 aliphatic rings. The molecular weight excluding hydrogens is 609 g/mol. The monoisotopic (exact) mass is 635 g/mol. The van der Waals surface area contributed by atoms with Gasteiger partial charge in [0.25, 0.3) is 5.92 Å². The number of aryl methyl sites for hydroxylation is 1. The molecule has 0 amide bonds. The molecule has 12 heteroatoms. The molecule has 3 heterocycles. The number of aromatic nitrogens is 3. The minimum absolute atomic E-state index is 0.0660. The molecule has 236 valence electrons. The molecule has 0 radical (unpaired) electrons. The molecule has 2 unspecified atom stereocenters. The highest BCUT2D eigenvalue weighted by Gasteiger charge is 2.83. The summed E-state index contributed by atoms with van der Waals surface area (Å²) in [5.74, 6) is -6.94. The Balaban J connectivity index is 1.19. The average molecular weight is 636 g/mol. The number of fused-ring (bicyclic) bond motifs is 2. The molecule has 46 heavy (non-hydrogen) atoms. The second-order valence-electron chi connectivity index (χ2n) is 11.8. The summed E-state index contributed by atoms with van der Waals surface area (Å²) in [5.41, 5.74) is -0.00986. The van der Waals surface area contributed by atoms with Crippen LogP contribution in [0, 0.1) is 35.7 Å². The Labute approximate surface area is 259 Å². The number of pyridine rings is 1. The predicted octanol–water partition coefficient (Wildman–Crippen LogP) is 6.97. The van der Waals surface area contributed by atoms with Gasteiger partial charge in [0.2, 0.25) is 5.88 Å². The van der Waals surface area contributed by atoms with Crippen LogP contribution in [-0.2, 0) is 24.3 Å². The number of nitrogens with zero attached hydrogens (tertiary/aromatic N) is 3. The summed E-state index contributed by atoms with van der Waals surface area (Å²) in [5, 5.41) is 9.52. The summed E-state index contributed by atoms with van der Waals surface area (Å²) in [6.07, 6.45) is -0.258. The van der Waals surface area contributed by atoms with Crippen molar-refractivity contribution in [1.29, 1.82) is 0 Å². The quantitative estimate of drug-likeness (QED) is 0.176. The fourth-order valence-electron chi connectivity index (χ4n) is 6.23. The molecule has 2 atom stereocenters. The molecule has 1 saturated carbocycles. The van der Waals surface area contributed by atoms with Crippen LogP contribution in [0.25, 0.3) is 22.3 Å². The maximum Gasteiger partial charge on any atom is 0.335 e. The van der Waals surface area contributed by atoms with Crippen molar-refractivity contribution in [2.75, 3.05) is 13.2 Å². The third kappa shape index (κ3) is 4.97. The smallest absolute Gasteiger partial charge is 0.335 e. The van der Waals surface area contributed by atoms with Crippen molar-refractivity contribution >= 4 is 17.0 Å². The van der Waals surface area contributed by atoms with Crippen molar-refractivity contribution in [3.05, 3.63) is 112 Å². The largest absolute Gasteiger partial charge is 0.478 e. The highest BCUT2D eigenvalue weighted by atomic mass is 19.3. The van der Waals surface area contributed by atoms with Crippen molar-refractivity contribution in [3.63, 3.8) is 0 Å². The number of benzene rings is 3. The number of halogens is 5. The van der Waals surface area contributed by atoms with Crippen LogP contribution in [0.2, 0.25) is 0 Å². The molecule has 7 rings (SSSR count). The number of imidazole rings is 1. The zero-order valence-corrected chi connectivity index (χ0v) is 24.4. The van der Waals surface area contributed by atoms with Gasteiger partial charge in [-0.15, -0.1) is 0 Å². The number of aromatic carboxylic acids is 1. The van der Waals surface area contributed by atoms with Gasteiger partial charge in [-0.05, 0) is 60.5 Å². The average Bonchev–Trinajstić information content (AvgIpc) is 3.37. The van der Waals surface area contributed by atoms with E-state index in [9.17, 15) is 23.1 Å². The second kappa shape index (κ2) is 10.9. The highest BCUT2D eigenvalue weighted by Crippen LogP contribution is 2.70. The Bertz CT molecular complexity index is 2030. The van der Waals surface area contributed by atoms with Crippen molar-refractivity contribution in [2.24, 2.45) is 11.3 Å². The van der Waals surface area contributed by atoms with E-state index in [0.717, 1.165) is 17.7 Å². The van der Waals surface area contributed by atoms with E-state index in [1.807, 2.05) is 0 Å². The Morgan fingerprint density at radius 3 is 2.54 bits per heavy atom. The molecule has 1 saturated heterocycles. The number of rotatable bonds is 9. The molecule has 0 bridgehead atoms. The first-order valence-electron chi connectivity index (χ1n) is 14.5. The fourth-order valence-corrected chi connectivity index (χ4v) is 6.23. The lowest BCUT2D eigenvalue weighted by Crippen LogP contribution is -2.24. The lowest BCUT2D eigenvalue weighted by Gasteiger charge is -2.18. The zero-order chi connectivity index (χ0) is 32.4. The minimum atomic E-state index is -2.98. The summed E-state index contributed by atoms with van der Waals surface area (Å²) in [4.78, 5) is 20.4. The minimum Gasteiger partial charge on any atom is -0.478 e. The van der Waals surface area contributed by atoms with Crippen LogP contribution in [0.15, 0.2) is 66.7 Å². The molecule has 5 aromatic rings. The summed E-state index contributed by atoms with van der Waals surface area (Å²) < 4.78 is 87.4. The molecule has 2 fully saturated rings. The van der Waals surface area contributed by atoms with E-state index in [1.165, 1.54) is 41.0 Å². The van der Waals surface area contributed by atoms with E-state index in [1.54, 1.807) is 25.1 Å². The predicted molar refractivity (Wildman–Crippen MR) is 156 cm³/mol. The molecular formula is C34H26F5N3O4. The Morgan fingerprint density at radius 1 is 1.00 bits per heavy atom. The van der Waals surface area contributed by atoms with Crippen LogP contribution in [0.1, 0.15) is 32.9 Å². The van der Waals surface area contributed by atoms with E-state index in [4.69, 9.17) is 9.47 Å². The topological polar surface area (TPSA) is 86.5 Å². The Morgan fingerprint density at radius 2 is 1.80 bits per heavy atom. The number of carboxylic acids is 1. The maximum absolute atomic E-state index is 15.6. The molecule has 1 aliphatic carbocycles. The maximum atomic E-state index is 15.6. The summed E-state index contributed by atoms with van der Waals surface area (Å²) >= 11 is 0. The van der Waals surface area contributed by atoms with Gasteiger partial charge in [0.15, 0.2) is 0 Å². The number of ether oxygens (including phenoxy) is 2. The van der Waals surface area contributed by atoms with Crippen molar-refractivity contribution in [3.8, 4) is 17.1 Å². The van der Waals surface area contributed by atoms with Gasteiger partial charge in [0, 0.05) is 30.2 Å². The number of alkyl halides is 2. The van der Waals surface area contributed by atoms with E-state index in [-0.39, 0.29) is 66.9 Å². The van der Waals surface area contributed by atoms with Crippen molar-refractivity contribution in [2.45, 2.75) is 32.4 Å².